The van der Waals surface area contributed by atoms with Gasteiger partial charge in [-0.25, -0.2) is 0 Å². The summed E-state index contributed by atoms with van der Waals surface area (Å²) in [4.78, 5) is 26.9. The maximum Gasteiger partial charge on any atom is 0.257 e. The number of anilines is 1. The Morgan fingerprint density at radius 3 is 2.95 bits per heavy atom. The quantitative estimate of drug-likeness (QED) is 0.816. The minimum absolute atomic E-state index is 0.0523. The van der Waals surface area contributed by atoms with Crippen molar-refractivity contribution < 1.29 is 14.9 Å². The largest absolute Gasteiger partial charge is 0.343 e. The minimum Gasteiger partial charge on any atom is -0.343 e. The maximum absolute atomic E-state index is 12.9. The van der Waals surface area contributed by atoms with Crippen LogP contribution in [-0.4, -0.2) is 42.4 Å². The number of nitrogens with one attached hydrogen (secondary N) is 1. The van der Waals surface area contributed by atoms with E-state index in [-0.39, 0.29) is 17.9 Å². The molecule has 0 saturated carbocycles. The summed E-state index contributed by atoms with van der Waals surface area (Å²) in [5.41, 5.74) is 3.30. The van der Waals surface area contributed by atoms with Crippen LogP contribution in [-0.2, 0) is 4.79 Å². The lowest BCUT2D eigenvalue weighted by atomic mass is 10.0. The average Bonchev–Trinajstić information content (AvgIpc) is 3.06. The van der Waals surface area contributed by atoms with E-state index in [9.17, 15) is 9.59 Å². The van der Waals surface area contributed by atoms with Crippen LogP contribution in [0.4, 0.5) is 5.69 Å². The zero-order valence-corrected chi connectivity index (χ0v) is 12.7. The van der Waals surface area contributed by atoms with Crippen molar-refractivity contribution in [1.29, 1.82) is 0 Å². The highest BCUT2D eigenvalue weighted by atomic mass is 32.1. The molecule has 4 rings (SSSR count). The van der Waals surface area contributed by atoms with E-state index in [0.29, 0.717) is 24.3 Å². The zero-order chi connectivity index (χ0) is 15.1. The highest BCUT2D eigenvalue weighted by Crippen LogP contribution is 2.30. The van der Waals surface area contributed by atoms with E-state index in [2.05, 4.69) is 16.0 Å². The van der Waals surface area contributed by atoms with Gasteiger partial charge >= 0.3 is 0 Å². The summed E-state index contributed by atoms with van der Waals surface area (Å²) < 4.78 is 0. The number of carbonyl (C=O) groups is 2. The van der Waals surface area contributed by atoms with Crippen LogP contribution in [0.5, 0.6) is 0 Å². The standard InChI is InChI=1S/C16H15N3O2S/c20-15-14-8-17-4-5-19(14)16(21)12-7-10(1-2-13(12)18-15)11-3-6-22-9-11/h1-3,6-7,9,14,17H,4-5,8H2,(H,18,20)/p+1/t14-/m0/s1. The number of nitrogens with zero attached hydrogens (tertiary/aromatic N) is 1. The number of amides is 2. The van der Waals surface area contributed by atoms with E-state index in [0.717, 1.165) is 17.7 Å². The second-order valence-electron chi connectivity index (χ2n) is 5.59. The number of hydrogen-bond acceptors (Lipinski definition) is 3. The Balaban J connectivity index is 1.80. The van der Waals surface area contributed by atoms with E-state index < -0.39 is 0 Å². The van der Waals surface area contributed by atoms with Gasteiger partial charge < -0.3 is 15.5 Å². The molecular formula is C16H16N3O2S+. The molecule has 5 nitrogen and oxygen atoms in total. The van der Waals surface area contributed by atoms with Crippen molar-refractivity contribution in [1.82, 2.24) is 4.90 Å². The molecule has 1 saturated heterocycles. The van der Waals surface area contributed by atoms with Gasteiger partial charge in [-0.3, -0.25) is 9.59 Å². The van der Waals surface area contributed by atoms with Crippen LogP contribution < -0.4 is 10.6 Å². The molecule has 1 aromatic heterocycles. The zero-order valence-electron chi connectivity index (χ0n) is 11.9. The van der Waals surface area contributed by atoms with Crippen LogP contribution in [0.2, 0.25) is 0 Å². The molecule has 2 aliphatic heterocycles. The SMILES string of the molecule is O=C1Nc2ccc(-c3ccsc3)cc2C(=O)N2CC[NH2+]C[C@@H]12. The summed E-state index contributed by atoms with van der Waals surface area (Å²) in [6.07, 6.45) is 0. The van der Waals surface area contributed by atoms with E-state index in [1.54, 1.807) is 16.2 Å². The molecule has 3 heterocycles. The Morgan fingerprint density at radius 1 is 1.23 bits per heavy atom. The van der Waals surface area contributed by atoms with Gasteiger partial charge in [-0.15, -0.1) is 0 Å². The lowest BCUT2D eigenvalue weighted by molar-refractivity contribution is -0.665. The summed E-state index contributed by atoms with van der Waals surface area (Å²) in [5, 5.41) is 9.06. The van der Waals surface area contributed by atoms with Gasteiger partial charge in [0.1, 0.15) is 6.54 Å². The highest BCUT2D eigenvalue weighted by Gasteiger charge is 2.38. The van der Waals surface area contributed by atoms with Gasteiger partial charge in [0, 0.05) is 0 Å². The van der Waals surface area contributed by atoms with Gasteiger partial charge in [0.25, 0.3) is 11.8 Å². The fourth-order valence-corrected chi connectivity index (χ4v) is 3.76. The van der Waals surface area contributed by atoms with Crippen LogP contribution >= 0.6 is 11.3 Å². The molecule has 1 atom stereocenters. The fourth-order valence-electron chi connectivity index (χ4n) is 3.09. The van der Waals surface area contributed by atoms with Gasteiger partial charge in [-0.05, 0) is 40.1 Å². The van der Waals surface area contributed by atoms with Crippen molar-refractivity contribution in [2.45, 2.75) is 6.04 Å². The first-order chi connectivity index (χ1) is 10.7. The van der Waals surface area contributed by atoms with Gasteiger partial charge in [0.15, 0.2) is 6.04 Å². The number of thiophene rings is 1. The molecule has 6 heteroatoms. The second-order valence-corrected chi connectivity index (χ2v) is 6.37. The topological polar surface area (TPSA) is 66.0 Å². The Bertz CT molecular complexity index is 742. The minimum atomic E-state index is -0.377. The third kappa shape index (κ3) is 2.12. The average molecular weight is 314 g/mol. The lowest BCUT2D eigenvalue weighted by Gasteiger charge is -2.30. The summed E-state index contributed by atoms with van der Waals surface area (Å²) in [6, 6.07) is 7.33. The van der Waals surface area contributed by atoms with Crippen LogP contribution in [0.15, 0.2) is 35.0 Å². The Kier molecular flexibility index (Phi) is 3.20. The maximum atomic E-state index is 12.9. The molecule has 1 aromatic carbocycles. The van der Waals surface area contributed by atoms with Crippen molar-refractivity contribution in [2.24, 2.45) is 0 Å². The number of fused-ring (bicyclic) bond motifs is 2. The van der Waals surface area contributed by atoms with Crippen LogP contribution in [0.1, 0.15) is 10.4 Å². The molecule has 0 spiro atoms. The monoisotopic (exact) mass is 314 g/mol. The predicted molar refractivity (Wildman–Crippen MR) is 84.9 cm³/mol. The predicted octanol–water partition coefficient (Wildman–Crippen LogP) is 0.755. The number of rotatable bonds is 1. The first-order valence-corrected chi connectivity index (χ1v) is 8.28. The molecule has 22 heavy (non-hydrogen) atoms. The Labute approximate surface area is 131 Å². The van der Waals surface area contributed by atoms with E-state index >= 15 is 0 Å². The molecule has 0 bridgehead atoms. The Hall–Kier alpha value is -2.18. The van der Waals surface area contributed by atoms with Gasteiger partial charge in [-0.1, -0.05) is 6.07 Å². The summed E-state index contributed by atoms with van der Waals surface area (Å²) in [7, 11) is 0. The lowest BCUT2D eigenvalue weighted by Crippen LogP contribution is -2.92. The summed E-state index contributed by atoms with van der Waals surface area (Å²) in [6.45, 7) is 2.08. The number of benzene rings is 1. The molecule has 3 N–H and O–H groups in total. The summed E-state index contributed by atoms with van der Waals surface area (Å²) in [5.74, 6) is -0.144. The smallest absolute Gasteiger partial charge is 0.257 e. The second kappa shape index (κ2) is 5.23. The van der Waals surface area contributed by atoms with Crippen LogP contribution in [0.25, 0.3) is 11.1 Å². The molecule has 2 amide bonds. The Morgan fingerprint density at radius 2 is 2.14 bits per heavy atom. The molecule has 0 radical (unpaired) electrons. The first-order valence-electron chi connectivity index (χ1n) is 7.34. The molecule has 0 aliphatic carbocycles. The van der Waals surface area contributed by atoms with Crippen molar-refractivity contribution in [3.8, 4) is 11.1 Å². The first kappa shape index (κ1) is 13.5. The number of nitrogens with two attached hydrogens (primary N) is 1. The number of quaternary nitrogens is 1. The van der Waals surface area contributed by atoms with Gasteiger partial charge in [0.2, 0.25) is 0 Å². The highest BCUT2D eigenvalue weighted by molar-refractivity contribution is 7.08. The van der Waals surface area contributed by atoms with Gasteiger partial charge in [-0.2, -0.15) is 11.3 Å². The van der Waals surface area contributed by atoms with E-state index in [4.69, 9.17) is 0 Å². The summed E-state index contributed by atoms with van der Waals surface area (Å²) >= 11 is 1.63. The third-order valence-electron chi connectivity index (χ3n) is 4.27. The number of piperazine rings is 1. The van der Waals surface area contributed by atoms with Crippen LogP contribution in [0.3, 0.4) is 0 Å². The molecular weight excluding hydrogens is 298 g/mol. The van der Waals surface area contributed by atoms with Crippen molar-refractivity contribution in [3.05, 3.63) is 40.6 Å². The molecule has 0 unspecified atom stereocenters. The molecule has 2 aromatic rings. The molecule has 112 valence electrons. The third-order valence-corrected chi connectivity index (χ3v) is 4.95. The molecule has 1 fully saturated rings. The normalized spacial score (nSPS) is 20.9. The number of carbonyl (C=O) groups excluding carboxylic acids is 2. The molecule has 2 aliphatic rings. The van der Waals surface area contributed by atoms with E-state index in [1.165, 1.54) is 0 Å². The van der Waals surface area contributed by atoms with Crippen LogP contribution in [0, 0.1) is 0 Å². The number of hydrogen-bond donors (Lipinski definition) is 2. The van der Waals surface area contributed by atoms with E-state index in [1.807, 2.05) is 29.6 Å². The van der Waals surface area contributed by atoms with Gasteiger partial charge in [0.05, 0.1) is 24.3 Å². The fraction of sp³-hybridized carbons (Fsp3) is 0.250. The van der Waals surface area contributed by atoms with Crippen molar-refractivity contribution in [3.63, 3.8) is 0 Å². The van der Waals surface area contributed by atoms with Crippen molar-refractivity contribution >= 4 is 28.8 Å². The van der Waals surface area contributed by atoms with Crippen molar-refractivity contribution in [2.75, 3.05) is 25.0 Å².